The van der Waals surface area contributed by atoms with E-state index in [9.17, 15) is 0 Å². The van der Waals surface area contributed by atoms with Gasteiger partial charge in [0, 0.05) is 30.2 Å². The van der Waals surface area contributed by atoms with Crippen molar-refractivity contribution in [2.45, 2.75) is 26.9 Å². The van der Waals surface area contributed by atoms with E-state index in [0.717, 1.165) is 22.8 Å². The van der Waals surface area contributed by atoms with E-state index in [4.69, 9.17) is 5.73 Å². The quantitative estimate of drug-likeness (QED) is 0.884. The molecule has 0 saturated carbocycles. The van der Waals surface area contributed by atoms with E-state index < -0.39 is 0 Å². The van der Waals surface area contributed by atoms with Gasteiger partial charge in [-0.2, -0.15) is 5.10 Å². The van der Waals surface area contributed by atoms with Crippen LogP contribution in [0.15, 0.2) is 17.8 Å². The second-order valence-corrected chi connectivity index (χ2v) is 5.05. The first kappa shape index (κ1) is 11.3. The summed E-state index contributed by atoms with van der Waals surface area (Å²) in [6, 6.07) is 0. The third-order valence-corrected chi connectivity index (χ3v) is 3.13. The van der Waals surface area contributed by atoms with Gasteiger partial charge in [0.1, 0.15) is 5.01 Å². The maximum atomic E-state index is 5.54. The molecule has 0 spiro atoms. The molecule has 0 aliphatic carbocycles. The van der Waals surface area contributed by atoms with Crippen LogP contribution in [0.4, 0.5) is 0 Å². The normalized spacial score (nSPS) is 11.2. The zero-order chi connectivity index (χ0) is 11.5. The zero-order valence-corrected chi connectivity index (χ0v) is 10.4. The van der Waals surface area contributed by atoms with Crippen molar-refractivity contribution in [3.05, 3.63) is 23.5 Å². The molecule has 16 heavy (non-hydrogen) atoms. The van der Waals surface area contributed by atoms with Crippen LogP contribution in [0, 0.1) is 5.92 Å². The standard InChI is InChI=1S/C11H16N4S/c1-8(2)5-15-6-9(4-13-15)11-14-10(3-12)7-16-11/h4,6-8H,3,5,12H2,1-2H3. The summed E-state index contributed by atoms with van der Waals surface area (Å²) in [6.07, 6.45) is 3.90. The van der Waals surface area contributed by atoms with Crippen molar-refractivity contribution in [2.24, 2.45) is 11.7 Å². The summed E-state index contributed by atoms with van der Waals surface area (Å²) in [5.74, 6) is 0.601. The minimum absolute atomic E-state index is 0.497. The van der Waals surface area contributed by atoms with Gasteiger partial charge in [-0.05, 0) is 5.92 Å². The van der Waals surface area contributed by atoms with Gasteiger partial charge in [0.25, 0.3) is 0 Å². The third-order valence-electron chi connectivity index (χ3n) is 2.19. The highest BCUT2D eigenvalue weighted by molar-refractivity contribution is 7.13. The smallest absolute Gasteiger partial charge is 0.126 e. The summed E-state index contributed by atoms with van der Waals surface area (Å²) < 4.78 is 1.96. The summed E-state index contributed by atoms with van der Waals surface area (Å²) >= 11 is 1.61. The molecule has 2 aromatic heterocycles. The second kappa shape index (κ2) is 4.76. The van der Waals surface area contributed by atoms with Crippen LogP contribution in [-0.4, -0.2) is 14.8 Å². The Morgan fingerprint density at radius 1 is 1.50 bits per heavy atom. The molecule has 5 heteroatoms. The fourth-order valence-electron chi connectivity index (χ4n) is 1.48. The highest BCUT2D eigenvalue weighted by Crippen LogP contribution is 2.23. The van der Waals surface area contributed by atoms with Crippen molar-refractivity contribution < 1.29 is 0 Å². The summed E-state index contributed by atoms with van der Waals surface area (Å²) in [5, 5.41) is 7.31. The predicted molar refractivity (Wildman–Crippen MR) is 66.1 cm³/mol. The highest BCUT2D eigenvalue weighted by atomic mass is 32.1. The lowest BCUT2D eigenvalue weighted by atomic mass is 10.2. The maximum Gasteiger partial charge on any atom is 0.126 e. The average Bonchev–Trinajstić information content (AvgIpc) is 2.83. The minimum Gasteiger partial charge on any atom is -0.325 e. The average molecular weight is 236 g/mol. The Balaban J connectivity index is 2.17. The molecule has 0 radical (unpaired) electrons. The topological polar surface area (TPSA) is 56.7 Å². The van der Waals surface area contributed by atoms with Gasteiger partial charge in [-0.1, -0.05) is 13.8 Å². The number of nitrogens with two attached hydrogens (primary N) is 1. The molecular formula is C11H16N4S. The number of nitrogens with zero attached hydrogens (tertiary/aromatic N) is 3. The molecule has 0 bridgehead atoms. The molecule has 2 N–H and O–H groups in total. The Bertz CT molecular complexity index is 458. The molecule has 2 heterocycles. The highest BCUT2D eigenvalue weighted by Gasteiger charge is 2.07. The maximum absolute atomic E-state index is 5.54. The Morgan fingerprint density at radius 3 is 2.94 bits per heavy atom. The summed E-state index contributed by atoms with van der Waals surface area (Å²) in [6.45, 7) is 5.79. The largest absolute Gasteiger partial charge is 0.325 e. The number of hydrogen-bond donors (Lipinski definition) is 1. The lowest BCUT2D eigenvalue weighted by Crippen LogP contribution is -2.03. The summed E-state index contributed by atoms with van der Waals surface area (Å²) in [4.78, 5) is 4.43. The van der Waals surface area contributed by atoms with E-state index in [1.807, 2.05) is 22.5 Å². The van der Waals surface area contributed by atoms with Crippen LogP contribution in [0.3, 0.4) is 0 Å². The van der Waals surface area contributed by atoms with Gasteiger partial charge < -0.3 is 5.73 Å². The van der Waals surface area contributed by atoms with Gasteiger partial charge >= 0.3 is 0 Å². The van der Waals surface area contributed by atoms with Crippen molar-refractivity contribution in [1.29, 1.82) is 0 Å². The van der Waals surface area contributed by atoms with Crippen molar-refractivity contribution in [1.82, 2.24) is 14.8 Å². The van der Waals surface area contributed by atoms with Gasteiger partial charge in [-0.25, -0.2) is 4.98 Å². The van der Waals surface area contributed by atoms with Crippen LogP contribution in [0.5, 0.6) is 0 Å². The van der Waals surface area contributed by atoms with Crippen molar-refractivity contribution >= 4 is 11.3 Å². The lowest BCUT2D eigenvalue weighted by molar-refractivity contribution is 0.483. The van der Waals surface area contributed by atoms with E-state index in [-0.39, 0.29) is 0 Å². The second-order valence-electron chi connectivity index (χ2n) is 4.19. The molecule has 4 nitrogen and oxygen atoms in total. The van der Waals surface area contributed by atoms with E-state index in [1.54, 1.807) is 11.3 Å². The van der Waals surface area contributed by atoms with Crippen molar-refractivity contribution in [2.75, 3.05) is 0 Å². The number of thiazole rings is 1. The van der Waals surface area contributed by atoms with Crippen molar-refractivity contribution in [3.63, 3.8) is 0 Å². The summed E-state index contributed by atoms with van der Waals surface area (Å²) in [7, 11) is 0. The fourth-order valence-corrected chi connectivity index (χ4v) is 2.29. The van der Waals surface area contributed by atoms with Gasteiger partial charge in [0.2, 0.25) is 0 Å². The Hall–Kier alpha value is -1.20. The molecular weight excluding hydrogens is 220 g/mol. The molecule has 0 atom stereocenters. The van der Waals surface area contributed by atoms with Gasteiger partial charge in [0.15, 0.2) is 0 Å². The monoisotopic (exact) mass is 236 g/mol. The SMILES string of the molecule is CC(C)Cn1cc(-c2nc(CN)cs2)cn1. The first-order valence-corrected chi connectivity index (χ1v) is 6.24. The number of rotatable bonds is 4. The Labute approximate surface area is 99.1 Å². The van der Waals surface area contributed by atoms with Crippen LogP contribution < -0.4 is 5.73 Å². The molecule has 0 aliphatic heterocycles. The van der Waals surface area contributed by atoms with Crippen LogP contribution in [0.1, 0.15) is 19.5 Å². The molecule has 0 aliphatic rings. The number of hydrogen-bond acceptors (Lipinski definition) is 4. The predicted octanol–water partition coefficient (Wildman–Crippen LogP) is 2.12. The van der Waals surface area contributed by atoms with E-state index in [0.29, 0.717) is 12.5 Å². The van der Waals surface area contributed by atoms with Crippen molar-refractivity contribution in [3.8, 4) is 10.6 Å². The van der Waals surface area contributed by atoms with Crippen LogP contribution >= 0.6 is 11.3 Å². The Kier molecular flexibility index (Phi) is 3.36. The fraction of sp³-hybridized carbons (Fsp3) is 0.455. The number of aromatic nitrogens is 3. The van der Waals surface area contributed by atoms with Gasteiger partial charge in [-0.15, -0.1) is 11.3 Å². The summed E-state index contributed by atoms with van der Waals surface area (Å²) in [5.41, 5.74) is 7.55. The van der Waals surface area contributed by atoms with Crippen LogP contribution in [-0.2, 0) is 13.1 Å². The van der Waals surface area contributed by atoms with Crippen LogP contribution in [0.2, 0.25) is 0 Å². The van der Waals surface area contributed by atoms with E-state index >= 15 is 0 Å². The first-order chi connectivity index (χ1) is 7.69. The molecule has 0 amide bonds. The molecule has 0 saturated heterocycles. The van der Waals surface area contributed by atoms with Gasteiger partial charge in [-0.3, -0.25) is 4.68 Å². The molecule has 0 unspecified atom stereocenters. The zero-order valence-electron chi connectivity index (χ0n) is 9.55. The minimum atomic E-state index is 0.497. The molecule has 2 aromatic rings. The molecule has 2 rings (SSSR count). The molecule has 0 fully saturated rings. The molecule has 86 valence electrons. The van der Waals surface area contributed by atoms with Crippen LogP contribution in [0.25, 0.3) is 10.6 Å². The lowest BCUT2D eigenvalue weighted by Gasteiger charge is -2.02. The van der Waals surface area contributed by atoms with Gasteiger partial charge in [0.05, 0.1) is 11.9 Å². The third kappa shape index (κ3) is 2.48. The first-order valence-electron chi connectivity index (χ1n) is 5.36. The Morgan fingerprint density at radius 2 is 2.31 bits per heavy atom. The van der Waals surface area contributed by atoms with E-state index in [1.165, 1.54) is 0 Å². The van der Waals surface area contributed by atoms with E-state index in [2.05, 4.69) is 23.9 Å². The molecule has 0 aromatic carbocycles.